The van der Waals surface area contributed by atoms with Gasteiger partial charge in [0.05, 0.1) is 0 Å². The summed E-state index contributed by atoms with van der Waals surface area (Å²) in [5, 5.41) is 0. The molecule has 0 aliphatic carbocycles. The molecule has 1 aliphatic heterocycles. The Balaban J connectivity index is 2.64. The van der Waals surface area contributed by atoms with Gasteiger partial charge in [-0.3, -0.25) is 0 Å². The lowest BCUT2D eigenvalue weighted by Gasteiger charge is -2.32. The van der Waals surface area contributed by atoms with E-state index >= 15 is 0 Å². The molecule has 0 aromatic heterocycles. The fraction of sp³-hybridized carbons (Fsp3) is 0.857. The van der Waals surface area contributed by atoms with Crippen LogP contribution in [0.25, 0.3) is 0 Å². The monoisotopic (exact) mass is 175 g/mol. The summed E-state index contributed by atoms with van der Waals surface area (Å²) in [7, 11) is 0. The summed E-state index contributed by atoms with van der Waals surface area (Å²) in [6, 6.07) is 0. The lowest BCUT2D eigenvalue weighted by atomic mass is 10.1. The van der Waals surface area contributed by atoms with E-state index in [0.29, 0.717) is 0 Å². The molecule has 0 spiro atoms. The van der Waals surface area contributed by atoms with Gasteiger partial charge in [-0.05, 0) is 20.8 Å². The minimum absolute atomic E-state index is 0.223. The van der Waals surface area contributed by atoms with E-state index in [0.717, 1.165) is 16.6 Å². The fourth-order valence-electron chi connectivity index (χ4n) is 1.00. The van der Waals surface area contributed by atoms with E-state index < -0.39 is 0 Å². The third-order valence-corrected chi connectivity index (χ3v) is 3.00. The third kappa shape index (κ3) is 1.64. The second-order valence-electron chi connectivity index (χ2n) is 3.44. The van der Waals surface area contributed by atoms with Crippen LogP contribution in [0.15, 0.2) is 0 Å². The number of thioether (sulfide) groups is 1. The molecule has 1 aliphatic rings. The van der Waals surface area contributed by atoms with Crippen LogP contribution < -0.4 is 0 Å². The van der Waals surface area contributed by atoms with Crippen molar-refractivity contribution in [1.82, 2.24) is 4.90 Å². The Morgan fingerprint density at radius 3 is 2.30 bits per heavy atom. The molecule has 0 aromatic carbocycles. The highest BCUT2D eigenvalue weighted by Gasteiger charge is 2.27. The molecular formula is C7H13NS2. The minimum atomic E-state index is 0.223. The van der Waals surface area contributed by atoms with Crippen molar-refractivity contribution < 1.29 is 0 Å². The molecule has 10 heavy (non-hydrogen) atoms. The number of nitrogens with zero attached hydrogens (tertiary/aromatic N) is 1. The number of rotatable bonds is 0. The first-order valence-electron chi connectivity index (χ1n) is 3.46. The molecule has 58 valence electrons. The first-order chi connectivity index (χ1) is 4.52. The Labute approximate surface area is 72.2 Å². The lowest BCUT2D eigenvalue weighted by Crippen LogP contribution is -2.41. The molecule has 0 bridgehead atoms. The van der Waals surface area contributed by atoms with Gasteiger partial charge < -0.3 is 4.90 Å². The van der Waals surface area contributed by atoms with E-state index in [1.807, 2.05) is 0 Å². The molecule has 0 amide bonds. The smallest absolute Gasteiger partial charge is 0.136 e. The summed E-state index contributed by atoms with van der Waals surface area (Å²) in [5.41, 5.74) is 0.223. The Kier molecular flexibility index (Phi) is 2.25. The van der Waals surface area contributed by atoms with Gasteiger partial charge in [-0.2, -0.15) is 0 Å². The zero-order valence-corrected chi connectivity index (χ0v) is 8.31. The second-order valence-corrected chi connectivity index (χ2v) is 5.17. The molecule has 0 saturated carbocycles. The van der Waals surface area contributed by atoms with E-state index in [4.69, 9.17) is 12.2 Å². The molecule has 0 atom stereocenters. The van der Waals surface area contributed by atoms with E-state index in [1.165, 1.54) is 0 Å². The second kappa shape index (κ2) is 2.70. The summed E-state index contributed by atoms with van der Waals surface area (Å²) < 4.78 is 1.06. The van der Waals surface area contributed by atoms with E-state index in [9.17, 15) is 0 Å². The quantitative estimate of drug-likeness (QED) is 0.519. The SMILES string of the molecule is CC(C)(C)N1CCSC1=S. The summed E-state index contributed by atoms with van der Waals surface area (Å²) in [6.07, 6.45) is 0. The lowest BCUT2D eigenvalue weighted by molar-refractivity contribution is 0.263. The van der Waals surface area contributed by atoms with E-state index in [1.54, 1.807) is 11.8 Å². The molecule has 1 heterocycles. The van der Waals surface area contributed by atoms with Gasteiger partial charge in [-0.1, -0.05) is 24.0 Å². The highest BCUT2D eigenvalue weighted by Crippen LogP contribution is 2.25. The van der Waals surface area contributed by atoms with Gasteiger partial charge in [0.25, 0.3) is 0 Å². The van der Waals surface area contributed by atoms with Gasteiger partial charge >= 0.3 is 0 Å². The standard InChI is InChI=1S/C7H13NS2/c1-7(2,3)8-4-5-10-6(8)9/h4-5H2,1-3H3. The third-order valence-electron chi connectivity index (χ3n) is 1.57. The van der Waals surface area contributed by atoms with Crippen LogP contribution in [-0.4, -0.2) is 27.1 Å². The first-order valence-corrected chi connectivity index (χ1v) is 4.85. The van der Waals surface area contributed by atoms with Crippen LogP contribution in [0, 0.1) is 0 Å². The molecule has 0 radical (unpaired) electrons. The summed E-state index contributed by atoms with van der Waals surface area (Å²) in [4.78, 5) is 2.28. The van der Waals surface area contributed by atoms with E-state index in [-0.39, 0.29) is 5.54 Å². The van der Waals surface area contributed by atoms with Crippen molar-refractivity contribution in [3.05, 3.63) is 0 Å². The molecule has 1 nitrogen and oxygen atoms in total. The topological polar surface area (TPSA) is 3.24 Å². The first kappa shape index (κ1) is 8.34. The predicted octanol–water partition coefficient (Wildman–Crippen LogP) is 2.12. The average Bonchev–Trinajstić information content (AvgIpc) is 2.11. The van der Waals surface area contributed by atoms with Gasteiger partial charge in [-0.15, -0.1) is 0 Å². The summed E-state index contributed by atoms with van der Waals surface area (Å²) in [6.45, 7) is 7.72. The van der Waals surface area contributed by atoms with Crippen LogP contribution >= 0.6 is 24.0 Å². The largest absolute Gasteiger partial charge is 0.352 e. The van der Waals surface area contributed by atoms with Crippen LogP contribution in [0.4, 0.5) is 0 Å². The summed E-state index contributed by atoms with van der Waals surface area (Å²) >= 11 is 6.97. The Morgan fingerprint density at radius 2 is 2.10 bits per heavy atom. The van der Waals surface area contributed by atoms with Crippen LogP contribution in [0.5, 0.6) is 0 Å². The van der Waals surface area contributed by atoms with Gasteiger partial charge in [0.2, 0.25) is 0 Å². The molecule has 0 aromatic rings. The van der Waals surface area contributed by atoms with Crippen LogP contribution in [0.1, 0.15) is 20.8 Å². The van der Waals surface area contributed by atoms with Crippen molar-refractivity contribution in [2.24, 2.45) is 0 Å². The van der Waals surface area contributed by atoms with Gasteiger partial charge in [0, 0.05) is 17.8 Å². The zero-order valence-electron chi connectivity index (χ0n) is 6.68. The summed E-state index contributed by atoms with van der Waals surface area (Å²) in [5.74, 6) is 1.16. The van der Waals surface area contributed by atoms with Crippen molar-refractivity contribution in [1.29, 1.82) is 0 Å². The van der Waals surface area contributed by atoms with Crippen LogP contribution in [0.2, 0.25) is 0 Å². The molecule has 1 saturated heterocycles. The molecule has 3 heteroatoms. The Morgan fingerprint density at radius 1 is 1.50 bits per heavy atom. The fourth-order valence-corrected chi connectivity index (χ4v) is 2.59. The molecule has 1 rings (SSSR count). The predicted molar refractivity (Wildman–Crippen MR) is 51.5 cm³/mol. The maximum atomic E-state index is 5.18. The maximum Gasteiger partial charge on any atom is 0.136 e. The van der Waals surface area contributed by atoms with Crippen molar-refractivity contribution in [2.45, 2.75) is 26.3 Å². The highest BCUT2D eigenvalue weighted by atomic mass is 32.2. The average molecular weight is 175 g/mol. The molecule has 1 fully saturated rings. The number of hydrogen-bond donors (Lipinski definition) is 0. The van der Waals surface area contributed by atoms with Gasteiger partial charge in [0.15, 0.2) is 0 Å². The Hall–Kier alpha value is 0.240. The Bertz CT molecular complexity index is 148. The van der Waals surface area contributed by atoms with Crippen molar-refractivity contribution in [3.63, 3.8) is 0 Å². The zero-order chi connectivity index (χ0) is 7.78. The number of hydrogen-bond acceptors (Lipinski definition) is 2. The van der Waals surface area contributed by atoms with E-state index in [2.05, 4.69) is 25.7 Å². The molecule has 0 N–H and O–H groups in total. The highest BCUT2D eigenvalue weighted by molar-refractivity contribution is 8.23. The number of thiocarbonyl (C=S) groups is 1. The van der Waals surface area contributed by atoms with Crippen molar-refractivity contribution in [2.75, 3.05) is 12.3 Å². The normalized spacial score (nSPS) is 20.3. The van der Waals surface area contributed by atoms with Crippen molar-refractivity contribution >= 4 is 28.3 Å². The van der Waals surface area contributed by atoms with Gasteiger partial charge in [0.1, 0.15) is 4.32 Å². The van der Waals surface area contributed by atoms with Crippen LogP contribution in [-0.2, 0) is 0 Å². The van der Waals surface area contributed by atoms with Crippen molar-refractivity contribution in [3.8, 4) is 0 Å². The minimum Gasteiger partial charge on any atom is -0.352 e. The van der Waals surface area contributed by atoms with Crippen LogP contribution in [0.3, 0.4) is 0 Å². The maximum absolute atomic E-state index is 5.18. The molecule has 0 unspecified atom stereocenters. The molecular weight excluding hydrogens is 162 g/mol. The van der Waals surface area contributed by atoms with Gasteiger partial charge in [-0.25, -0.2) is 0 Å².